The quantitative estimate of drug-likeness (QED) is 0.777. The van der Waals surface area contributed by atoms with Gasteiger partial charge in [0, 0.05) is 13.1 Å². The number of benzene rings is 1. The Morgan fingerprint density at radius 1 is 1.24 bits per heavy atom. The number of anilines is 2. The Kier molecular flexibility index (Phi) is 3.46. The van der Waals surface area contributed by atoms with Gasteiger partial charge in [0.15, 0.2) is 0 Å². The molecule has 4 heteroatoms. The standard InChI is InChI=1S/C13H18Cl2N2/c1-13(2)4-3-5-17(8-13)12-7-10(15)9(14)6-11(12)16/h6-7H,3-5,8,16H2,1-2H3. The van der Waals surface area contributed by atoms with Gasteiger partial charge in [-0.2, -0.15) is 0 Å². The van der Waals surface area contributed by atoms with Crippen molar-refractivity contribution in [2.45, 2.75) is 26.7 Å². The molecule has 1 heterocycles. The normalized spacial score (nSPS) is 19.4. The van der Waals surface area contributed by atoms with E-state index in [2.05, 4.69) is 18.7 Å². The number of rotatable bonds is 1. The molecule has 0 bridgehead atoms. The van der Waals surface area contributed by atoms with Gasteiger partial charge in [0.1, 0.15) is 0 Å². The minimum absolute atomic E-state index is 0.330. The van der Waals surface area contributed by atoms with Crippen LogP contribution in [0.25, 0.3) is 0 Å². The second-order valence-corrected chi connectivity index (χ2v) is 6.33. The minimum Gasteiger partial charge on any atom is -0.397 e. The van der Waals surface area contributed by atoms with Gasteiger partial charge >= 0.3 is 0 Å². The first kappa shape index (κ1) is 12.8. The molecule has 0 unspecified atom stereocenters. The maximum absolute atomic E-state index is 6.06. The number of piperidine rings is 1. The Morgan fingerprint density at radius 2 is 1.88 bits per heavy atom. The fraction of sp³-hybridized carbons (Fsp3) is 0.538. The van der Waals surface area contributed by atoms with Gasteiger partial charge in [0.25, 0.3) is 0 Å². The van der Waals surface area contributed by atoms with Crippen molar-refractivity contribution in [3.8, 4) is 0 Å². The summed E-state index contributed by atoms with van der Waals surface area (Å²) in [6, 6.07) is 3.61. The first-order valence-corrected chi connectivity index (χ1v) is 6.64. The van der Waals surface area contributed by atoms with Crippen LogP contribution in [0.1, 0.15) is 26.7 Å². The highest BCUT2D eigenvalue weighted by molar-refractivity contribution is 6.42. The van der Waals surface area contributed by atoms with Crippen LogP contribution in [0.2, 0.25) is 10.0 Å². The van der Waals surface area contributed by atoms with Gasteiger partial charge in [0.05, 0.1) is 21.4 Å². The summed E-state index contributed by atoms with van der Waals surface area (Å²) in [7, 11) is 0. The van der Waals surface area contributed by atoms with E-state index in [0.29, 0.717) is 21.1 Å². The first-order valence-electron chi connectivity index (χ1n) is 5.88. The van der Waals surface area contributed by atoms with E-state index in [1.54, 1.807) is 6.07 Å². The second-order valence-electron chi connectivity index (χ2n) is 5.51. The number of nitrogen functional groups attached to an aromatic ring is 1. The summed E-state index contributed by atoms with van der Waals surface area (Å²) < 4.78 is 0. The van der Waals surface area contributed by atoms with Crippen molar-refractivity contribution in [2.24, 2.45) is 5.41 Å². The van der Waals surface area contributed by atoms with Crippen LogP contribution in [0.5, 0.6) is 0 Å². The average molecular weight is 273 g/mol. The summed E-state index contributed by atoms with van der Waals surface area (Å²) in [5, 5.41) is 1.09. The molecule has 0 radical (unpaired) electrons. The van der Waals surface area contributed by atoms with Crippen molar-refractivity contribution >= 4 is 34.6 Å². The van der Waals surface area contributed by atoms with Crippen molar-refractivity contribution in [3.05, 3.63) is 22.2 Å². The molecule has 17 heavy (non-hydrogen) atoms. The molecule has 0 spiro atoms. The Bertz CT molecular complexity index is 430. The number of halogens is 2. The van der Waals surface area contributed by atoms with Crippen LogP contribution in [0.3, 0.4) is 0 Å². The molecule has 0 aromatic heterocycles. The maximum atomic E-state index is 6.06. The largest absolute Gasteiger partial charge is 0.397 e. The smallest absolute Gasteiger partial charge is 0.0616 e. The van der Waals surface area contributed by atoms with E-state index >= 15 is 0 Å². The number of hydrogen-bond acceptors (Lipinski definition) is 2. The van der Waals surface area contributed by atoms with Gasteiger partial charge < -0.3 is 10.6 Å². The van der Waals surface area contributed by atoms with Crippen LogP contribution in [0, 0.1) is 5.41 Å². The fourth-order valence-electron chi connectivity index (χ4n) is 2.45. The predicted octanol–water partition coefficient (Wildman–Crippen LogP) is 4.20. The van der Waals surface area contributed by atoms with Gasteiger partial charge in [-0.05, 0) is 30.4 Å². The maximum Gasteiger partial charge on any atom is 0.0616 e. The average Bonchev–Trinajstić information content (AvgIpc) is 2.22. The van der Waals surface area contributed by atoms with Gasteiger partial charge in [-0.1, -0.05) is 37.0 Å². The lowest BCUT2D eigenvalue weighted by atomic mass is 9.84. The lowest BCUT2D eigenvalue weighted by Gasteiger charge is -2.40. The highest BCUT2D eigenvalue weighted by atomic mass is 35.5. The number of nitrogens with zero attached hydrogens (tertiary/aromatic N) is 1. The summed E-state index contributed by atoms with van der Waals surface area (Å²) in [6.45, 7) is 6.61. The van der Waals surface area contributed by atoms with Crippen molar-refractivity contribution in [1.29, 1.82) is 0 Å². The first-order chi connectivity index (χ1) is 7.89. The van der Waals surface area contributed by atoms with Gasteiger partial charge in [0.2, 0.25) is 0 Å². The molecule has 1 saturated heterocycles. The summed E-state index contributed by atoms with van der Waals surface area (Å²) >= 11 is 12.0. The summed E-state index contributed by atoms with van der Waals surface area (Å²) in [5.41, 5.74) is 8.07. The van der Waals surface area contributed by atoms with Crippen LogP contribution in [-0.2, 0) is 0 Å². The van der Waals surface area contributed by atoms with Crippen molar-refractivity contribution < 1.29 is 0 Å². The molecule has 2 rings (SSSR count). The molecular weight excluding hydrogens is 255 g/mol. The third-order valence-corrected chi connectivity index (χ3v) is 4.03. The third-order valence-electron chi connectivity index (χ3n) is 3.31. The monoisotopic (exact) mass is 272 g/mol. The molecule has 1 fully saturated rings. The molecule has 2 nitrogen and oxygen atoms in total. The summed E-state index contributed by atoms with van der Waals surface area (Å²) in [6.07, 6.45) is 2.44. The molecule has 2 N–H and O–H groups in total. The SMILES string of the molecule is CC1(C)CCCN(c2cc(Cl)c(Cl)cc2N)C1. The van der Waals surface area contributed by atoms with Crippen LogP contribution in [-0.4, -0.2) is 13.1 Å². The molecular formula is C13H18Cl2N2. The molecule has 1 aliphatic rings. The van der Waals surface area contributed by atoms with Crippen molar-refractivity contribution in [1.82, 2.24) is 0 Å². The molecule has 94 valence electrons. The van der Waals surface area contributed by atoms with Gasteiger partial charge in [-0.15, -0.1) is 0 Å². The second kappa shape index (κ2) is 4.58. The number of hydrogen-bond donors (Lipinski definition) is 1. The lowest BCUT2D eigenvalue weighted by Crippen LogP contribution is -2.40. The predicted molar refractivity (Wildman–Crippen MR) is 76.1 cm³/mol. The van der Waals surface area contributed by atoms with Gasteiger partial charge in [-0.25, -0.2) is 0 Å². The van der Waals surface area contributed by atoms with Crippen LogP contribution < -0.4 is 10.6 Å². The van der Waals surface area contributed by atoms with Gasteiger partial charge in [-0.3, -0.25) is 0 Å². The van der Waals surface area contributed by atoms with E-state index in [1.807, 2.05) is 6.07 Å². The molecule has 0 saturated carbocycles. The Morgan fingerprint density at radius 3 is 2.53 bits per heavy atom. The zero-order valence-corrected chi connectivity index (χ0v) is 11.8. The van der Waals surface area contributed by atoms with Crippen LogP contribution in [0.4, 0.5) is 11.4 Å². The fourth-order valence-corrected chi connectivity index (χ4v) is 2.78. The summed E-state index contributed by atoms with van der Waals surface area (Å²) in [4.78, 5) is 2.31. The summed E-state index contributed by atoms with van der Waals surface area (Å²) in [5.74, 6) is 0. The third kappa shape index (κ3) is 2.80. The van der Waals surface area contributed by atoms with E-state index in [4.69, 9.17) is 28.9 Å². The molecule has 0 atom stereocenters. The van der Waals surface area contributed by atoms with E-state index in [1.165, 1.54) is 12.8 Å². The topological polar surface area (TPSA) is 29.3 Å². The van der Waals surface area contributed by atoms with E-state index in [9.17, 15) is 0 Å². The van der Waals surface area contributed by atoms with E-state index in [-0.39, 0.29) is 0 Å². The van der Waals surface area contributed by atoms with Crippen LogP contribution >= 0.6 is 23.2 Å². The van der Waals surface area contributed by atoms with Crippen molar-refractivity contribution in [2.75, 3.05) is 23.7 Å². The van der Waals surface area contributed by atoms with E-state index in [0.717, 1.165) is 18.8 Å². The Labute approximate surface area is 113 Å². The lowest BCUT2D eigenvalue weighted by molar-refractivity contribution is 0.293. The van der Waals surface area contributed by atoms with Crippen LogP contribution in [0.15, 0.2) is 12.1 Å². The molecule has 1 aromatic carbocycles. The molecule has 1 aromatic rings. The highest BCUT2D eigenvalue weighted by Crippen LogP contribution is 2.37. The highest BCUT2D eigenvalue weighted by Gasteiger charge is 2.27. The molecule has 0 amide bonds. The van der Waals surface area contributed by atoms with E-state index < -0.39 is 0 Å². The zero-order chi connectivity index (χ0) is 12.6. The molecule has 1 aliphatic heterocycles. The molecule has 0 aliphatic carbocycles. The Hall–Kier alpha value is -0.600. The Balaban J connectivity index is 2.31. The zero-order valence-electron chi connectivity index (χ0n) is 10.3. The minimum atomic E-state index is 0.330. The number of nitrogens with two attached hydrogens (primary N) is 1. The van der Waals surface area contributed by atoms with Crippen molar-refractivity contribution in [3.63, 3.8) is 0 Å².